The number of hydrogen-bond acceptors (Lipinski definition) is 3. The lowest BCUT2D eigenvalue weighted by Crippen LogP contribution is -2.36. The maximum atomic E-state index is 13.4. The smallest absolute Gasteiger partial charge is 0.320 e. The van der Waals surface area contributed by atoms with Crippen LogP contribution in [0.5, 0.6) is 0 Å². The van der Waals surface area contributed by atoms with E-state index in [1.165, 1.54) is 22.9 Å². The molecule has 0 saturated carbocycles. The molecule has 0 fully saturated rings. The maximum absolute atomic E-state index is 13.4. The van der Waals surface area contributed by atoms with Gasteiger partial charge < -0.3 is 10.6 Å². The van der Waals surface area contributed by atoms with Crippen LogP contribution in [-0.4, -0.2) is 22.4 Å². The Kier molecular flexibility index (Phi) is 6.47. The topological polar surface area (TPSA) is 92.2 Å². The normalized spacial score (nSPS) is 10.7. The first-order valence-corrected chi connectivity index (χ1v) is 11.1. The summed E-state index contributed by atoms with van der Waals surface area (Å²) in [5.41, 5.74) is 5.82. The molecule has 1 aromatic heterocycles. The van der Waals surface area contributed by atoms with E-state index >= 15 is 0 Å². The number of aromatic nitrogens is 1. The Morgan fingerprint density at radius 1 is 0.882 bits per heavy atom. The van der Waals surface area contributed by atoms with Gasteiger partial charge in [0.15, 0.2) is 0 Å². The highest BCUT2D eigenvalue weighted by atomic mass is 79.9. The van der Waals surface area contributed by atoms with Crippen LogP contribution in [0.2, 0.25) is 0 Å². The summed E-state index contributed by atoms with van der Waals surface area (Å²) in [6.45, 7) is 3.84. The Morgan fingerprint density at radius 3 is 2.41 bits per heavy atom. The van der Waals surface area contributed by atoms with E-state index in [1.54, 1.807) is 30.3 Å². The monoisotopic (exact) mass is 522 g/mol. The van der Waals surface area contributed by atoms with Gasteiger partial charge in [-0.15, -0.1) is 0 Å². The fourth-order valence-electron chi connectivity index (χ4n) is 3.45. The van der Waals surface area contributed by atoms with Crippen LogP contribution in [0.4, 0.5) is 15.8 Å². The summed E-state index contributed by atoms with van der Waals surface area (Å²) in [6, 6.07) is 17.6. The van der Waals surface area contributed by atoms with Crippen LogP contribution in [0, 0.1) is 19.7 Å². The Balaban J connectivity index is 1.65. The highest BCUT2D eigenvalue weighted by Crippen LogP contribution is 2.25. The number of anilines is 2. The highest BCUT2D eigenvalue weighted by molar-refractivity contribution is 9.10. The molecule has 4 rings (SSSR count). The second kappa shape index (κ2) is 9.48. The Bertz CT molecular complexity index is 1450. The van der Waals surface area contributed by atoms with Crippen LogP contribution in [0.25, 0.3) is 10.9 Å². The number of rotatable bonds is 4. The van der Waals surface area contributed by atoms with E-state index in [0.717, 1.165) is 21.7 Å². The van der Waals surface area contributed by atoms with Crippen LogP contribution in [-0.2, 0) is 9.59 Å². The van der Waals surface area contributed by atoms with Crippen molar-refractivity contribution >= 4 is 55.9 Å². The lowest BCUT2D eigenvalue weighted by molar-refractivity contribution is -0.133. The average Bonchev–Trinajstić information content (AvgIpc) is 3.14. The number of fused-ring (bicyclic) bond motifs is 1. The van der Waals surface area contributed by atoms with Crippen molar-refractivity contribution < 1.29 is 18.8 Å². The van der Waals surface area contributed by atoms with E-state index < -0.39 is 23.5 Å². The lowest BCUT2D eigenvalue weighted by atomic mass is 10.1. The second-order valence-corrected chi connectivity index (χ2v) is 8.59. The molecule has 4 aromatic rings. The molecule has 0 radical (unpaired) electrons. The molecule has 3 N–H and O–H groups in total. The summed E-state index contributed by atoms with van der Waals surface area (Å²) in [4.78, 5) is 38.3. The van der Waals surface area contributed by atoms with Crippen molar-refractivity contribution in [1.82, 2.24) is 4.68 Å². The van der Waals surface area contributed by atoms with Crippen molar-refractivity contribution in [2.45, 2.75) is 13.8 Å². The number of aryl methyl sites for hydroxylation is 1. The Morgan fingerprint density at radius 2 is 1.65 bits per heavy atom. The number of amides is 3. The summed E-state index contributed by atoms with van der Waals surface area (Å²) in [5, 5.41) is 5.88. The lowest BCUT2D eigenvalue weighted by Gasteiger charge is -2.14. The molecule has 0 aliphatic carbocycles. The number of nitrogens with zero attached hydrogens (tertiary/aromatic N) is 1. The van der Waals surface area contributed by atoms with Crippen molar-refractivity contribution in [3.05, 3.63) is 93.8 Å². The van der Waals surface area contributed by atoms with Gasteiger partial charge in [-0.3, -0.25) is 19.8 Å². The van der Waals surface area contributed by atoms with E-state index in [0.29, 0.717) is 16.6 Å². The molecule has 0 atom stereocenters. The highest BCUT2D eigenvalue weighted by Gasteiger charge is 2.21. The van der Waals surface area contributed by atoms with Gasteiger partial charge in [-0.05, 0) is 73.5 Å². The predicted molar refractivity (Wildman–Crippen MR) is 133 cm³/mol. The van der Waals surface area contributed by atoms with Gasteiger partial charge in [-0.1, -0.05) is 34.1 Å². The predicted octanol–water partition coefficient (Wildman–Crippen LogP) is 5.12. The molecular weight excluding hydrogens is 503 g/mol. The van der Waals surface area contributed by atoms with Gasteiger partial charge in [0.1, 0.15) is 11.5 Å². The SMILES string of the molecule is Cc1cccc(NC(=O)c2cc3cc(Br)ccc3n2NC(=O)C(=O)Nc2cccc(F)c2)c1C. The molecule has 172 valence electrons. The molecule has 0 unspecified atom stereocenters. The Labute approximate surface area is 203 Å². The number of hydrogen-bond donors (Lipinski definition) is 3. The van der Waals surface area contributed by atoms with E-state index in [9.17, 15) is 18.8 Å². The summed E-state index contributed by atoms with van der Waals surface area (Å²) in [6.07, 6.45) is 0. The number of nitrogens with one attached hydrogen (secondary N) is 3. The van der Waals surface area contributed by atoms with Crippen molar-refractivity contribution in [3.8, 4) is 0 Å². The van der Waals surface area contributed by atoms with Crippen molar-refractivity contribution in [2.75, 3.05) is 16.1 Å². The number of carbonyl (C=O) groups is 3. The summed E-state index contributed by atoms with van der Waals surface area (Å²) >= 11 is 3.40. The fraction of sp³-hybridized carbons (Fsp3) is 0.0800. The van der Waals surface area contributed by atoms with Crippen molar-refractivity contribution in [2.24, 2.45) is 0 Å². The van der Waals surface area contributed by atoms with E-state index in [2.05, 4.69) is 32.0 Å². The third-order valence-electron chi connectivity index (χ3n) is 5.35. The summed E-state index contributed by atoms with van der Waals surface area (Å²) < 4.78 is 15.4. The van der Waals surface area contributed by atoms with Crippen LogP contribution < -0.4 is 16.1 Å². The van der Waals surface area contributed by atoms with E-state index in [1.807, 2.05) is 26.0 Å². The van der Waals surface area contributed by atoms with E-state index in [-0.39, 0.29) is 11.4 Å². The summed E-state index contributed by atoms with van der Waals surface area (Å²) in [7, 11) is 0. The largest absolute Gasteiger partial charge is 0.328 e. The molecule has 0 aliphatic rings. The standard InChI is InChI=1S/C25H20BrFN4O3/c1-14-5-3-8-20(15(14)2)29-23(32)22-12-16-11-17(26)9-10-21(16)31(22)30-25(34)24(33)28-19-7-4-6-18(27)13-19/h3-13H,1-2H3,(H,28,33)(H,29,32)(H,30,34). The third kappa shape index (κ3) is 4.84. The van der Waals surface area contributed by atoms with Gasteiger partial charge in [0.2, 0.25) is 0 Å². The third-order valence-corrected chi connectivity index (χ3v) is 5.84. The quantitative estimate of drug-likeness (QED) is 0.325. The molecule has 0 spiro atoms. The van der Waals surface area contributed by atoms with Crippen LogP contribution in [0.3, 0.4) is 0 Å². The fourth-order valence-corrected chi connectivity index (χ4v) is 3.83. The zero-order valence-electron chi connectivity index (χ0n) is 18.3. The van der Waals surface area contributed by atoms with E-state index in [4.69, 9.17) is 0 Å². The minimum atomic E-state index is -1.02. The van der Waals surface area contributed by atoms with Gasteiger partial charge in [0.25, 0.3) is 5.91 Å². The average molecular weight is 523 g/mol. The molecule has 0 aliphatic heterocycles. The van der Waals surface area contributed by atoms with Crippen LogP contribution in [0.1, 0.15) is 21.6 Å². The van der Waals surface area contributed by atoms with Crippen LogP contribution >= 0.6 is 15.9 Å². The molecule has 9 heteroatoms. The zero-order chi connectivity index (χ0) is 24.4. The molecule has 7 nitrogen and oxygen atoms in total. The minimum Gasteiger partial charge on any atom is -0.320 e. The Hall–Kier alpha value is -3.98. The molecule has 3 amide bonds. The molecule has 0 saturated heterocycles. The van der Waals surface area contributed by atoms with Gasteiger partial charge in [0, 0.05) is 21.2 Å². The first kappa shape index (κ1) is 23.2. The molecular formula is C25H20BrFN4O3. The second-order valence-electron chi connectivity index (χ2n) is 7.68. The maximum Gasteiger partial charge on any atom is 0.328 e. The van der Waals surface area contributed by atoms with Crippen molar-refractivity contribution in [3.63, 3.8) is 0 Å². The van der Waals surface area contributed by atoms with Gasteiger partial charge >= 0.3 is 11.8 Å². The van der Waals surface area contributed by atoms with Crippen LogP contribution in [0.15, 0.2) is 71.2 Å². The zero-order valence-corrected chi connectivity index (χ0v) is 19.9. The number of halogens is 2. The molecule has 1 heterocycles. The first-order valence-electron chi connectivity index (χ1n) is 10.3. The number of carbonyl (C=O) groups excluding carboxylic acids is 3. The van der Waals surface area contributed by atoms with Gasteiger partial charge in [-0.2, -0.15) is 0 Å². The molecule has 34 heavy (non-hydrogen) atoms. The first-order chi connectivity index (χ1) is 16.2. The van der Waals surface area contributed by atoms with Gasteiger partial charge in [0.05, 0.1) is 5.52 Å². The molecule has 0 bridgehead atoms. The van der Waals surface area contributed by atoms with Gasteiger partial charge in [-0.25, -0.2) is 9.07 Å². The molecule has 3 aromatic carbocycles. The van der Waals surface area contributed by atoms with Crippen molar-refractivity contribution in [1.29, 1.82) is 0 Å². The summed E-state index contributed by atoms with van der Waals surface area (Å²) in [5.74, 6) is -3.05. The minimum absolute atomic E-state index is 0.126. The number of benzene rings is 3.